The van der Waals surface area contributed by atoms with Crippen LogP contribution in [0.25, 0.3) is 11.1 Å². The fraction of sp³-hybridized carbons (Fsp3) is 0.227. The maximum Gasteiger partial charge on any atom is 0.259 e. The molecule has 6 nitrogen and oxygen atoms in total. The first-order chi connectivity index (χ1) is 13.5. The fourth-order valence-electron chi connectivity index (χ4n) is 2.78. The van der Waals surface area contributed by atoms with E-state index in [1.54, 1.807) is 32.2 Å². The Morgan fingerprint density at radius 2 is 1.89 bits per heavy atom. The first-order valence-corrected chi connectivity index (χ1v) is 9.20. The number of hydrogen-bond donors (Lipinski definition) is 1. The number of aromatic nitrogens is 3. The van der Waals surface area contributed by atoms with Crippen LogP contribution in [-0.4, -0.2) is 26.6 Å². The number of carbonyl (C=O) groups excluding carboxylic acids is 2. The lowest BCUT2D eigenvalue weighted by Gasteiger charge is -2.12. The molecule has 2 heterocycles. The Labute approximate surface area is 164 Å². The minimum Gasteiger partial charge on any atom is -0.306 e. The second kappa shape index (κ2) is 8.52. The molecule has 0 atom stereocenters. The van der Waals surface area contributed by atoms with Gasteiger partial charge in [0, 0.05) is 23.9 Å². The smallest absolute Gasteiger partial charge is 0.259 e. The molecular formula is C22H22N4O2. The lowest BCUT2D eigenvalue weighted by atomic mass is 9.97. The van der Waals surface area contributed by atoms with Crippen molar-refractivity contribution in [3.05, 3.63) is 71.9 Å². The van der Waals surface area contributed by atoms with Crippen molar-refractivity contribution in [1.29, 1.82) is 0 Å². The van der Waals surface area contributed by atoms with Gasteiger partial charge < -0.3 is 5.32 Å². The van der Waals surface area contributed by atoms with E-state index in [0.717, 1.165) is 17.5 Å². The predicted molar refractivity (Wildman–Crippen MR) is 108 cm³/mol. The third-order valence-electron chi connectivity index (χ3n) is 4.38. The molecule has 0 aliphatic carbocycles. The molecule has 3 aromatic rings. The van der Waals surface area contributed by atoms with Crippen molar-refractivity contribution in [2.24, 2.45) is 5.92 Å². The van der Waals surface area contributed by atoms with Gasteiger partial charge in [-0.3, -0.25) is 14.6 Å². The number of Topliss-reactive ketones (excluding diaryl/α,β-unsaturated/α-hetero) is 1. The van der Waals surface area contributed by atoms with Crippen molar-refractivity contribution in [1.82, 2.24) is 15.0 Å². The number of aryl methyl sites for hydroxylation is 1. The summed E-state index contributed by atoms with van der Waals surface area (Å²) in [6.45, 7) is 5.66. The van der Waals surface area contributed by atoms with E-state index in [-0.39, 0.29) is 23.0 Å². The fourth-order valence-corrected chi connectivity index (χ4v) is 2.78. The molecule has 0 spiro atoms. The molecule has 0 aliphatic rings. The average Bonchev–Trinajstić information content (AvgIpc) is 2.73. The van der Waals surface area contributed by atoms with Crippen LogP contribution in [0.15, 0.2) is 55.1 Å². The monoisotopic (exact) mass is 374 g/mol. The lowest BCUT2D eigenvalue weighted by molar-refractivity contribution is 0.0922. The number of rotatable bonds is 6. The first kappa shape index (κ1) is 19.4. The Hall–Kier alpha value is -3.41. The number of pyridine rings is 1. The van der Waals surface area contributed by atoms with Crippen molar-refractivity contribution in [2.75, 3.05) is 5.32 Å². The number of benzene rings is 1. The number of anilines is 1. The number of carbonyl (C=O) groups is 2. The molecule has 0 saturated heterocycles. The van der Waals surface area contributed by atoms with Gasteiger partial charge in [-0.05, 0) is 29.7 Å². The topological polar surface area (TPSA) is 84.8 Å². The highest BCUT2D eigenvalue weighted by Crippen LogP contribution is 2.24. The highest BCUT2D eigenvalue weighted by molar-refractivity contribution is 6.12. The van der Waals surface area contributed by atoms with Crippen molar-refractivity contribution >= 4 is 17.5 Å². The highest BCUT2D eigenvalue weighted by atomic mass is 16.2. The van der Waals surface area contributed by atoms with Crippen LogP contribution < -0.4 is 5.32 Å². The largest absolute Gasteiger partial charge is 0.306 e. The number of amides is 1. The molecule has 0 bridgehead atoms. The van der Waals surface area contributed by atoms with Gasteiger partial charge in [-0.1, -0.05) is 45.0 Å². The Morgan fingerprint density at radius 1 is 1.07 bits per heavy atom. The van der Waals surface area contributed by atoms with Crippen molar-refractivity contribution in [2.45, 2.75) is 27.2 Å². The molecular weight excluding hydrogens is 352 g/mol. The Balaban J connectivity index is 2.05. The van der Waals surface area contributed by atoms with Gasteiger partial charge in [0.25, 0.3) is 5.91 Å². The molecule has 28 heavy (non-hydrogen) atoms. The number of hydrogen-bond acceptors (Lipinski definition) is 5. The molecule has 0 fully saturated rings. The van der Waals surface area contributed by atoms with Gasteiger partial charge in [0.2, 0.25) is 0 Å². The zero-order valence-corrected chi connectivity index (χ0v) is 16.1. The summed E-state index contributed by atoms with van der Waals surface area (Å²) in [5, 5.41) is 2.71. The molecule has 142 valence electrons. The van der Waals surface area contributed by atoms with E-state index >= 15 is 0 Å². The zero-order chi connectivity index (χ0) is 20.1. The van der Waals surface area contributed by atoms with Gasteiger partial charge in [-0.25, -0.2) is 9.97 Å². The SMILES string of the molecule is CCc1cccc(-c2cnc(C(=O)C(C)C)c(C(=O)Nc3ccncn3)c2)c1. The van der Waals surface area contributed by atoms with Gasteiger partial charge in [-0.15, -0.1) is 0 Å². The number of nitrogens with zero attached hydrogens (tertiary/aromatic N) is 3. The molecule has 0 unspecified atom stereocenters. The van der Waals surface area contributed by atoms with E-state index < -0.39 is 5.91 Å². The number of nitrogens with one attached hydrogen (secondary N) is 1. The third-order valence-corrected chi connectivity index (χ3v) is 4.38. The molecule has 3 rings (SSSR count). The normalized spacial score (nSPS) is 10.7. The van der Waals surface area contributed by atoms with Crippen molar-refractivity contribution in [3.63, 3.8) is 0 Å². The summed E-state index contributed by atoms with van der Waals surface area (Å²) in [6.07, 6.45) is 5.44. The lowest BCUT2D eigenvalue weighted by Crippen LogP contribution is -2.20. The molecule has 1 N–H and O–H groups in total. The third kappa shape index (κ3) is 4.28. The van der Waals surface area contributed by atoms with Crippen LogP contribution in [0.5, 0.6) is 0 Å². The highest BCUT2D eigenvalue weighted by Gasteiger charge is 2.22. The van der Waals surface area contributed by atoms with E-state index in [9.17, 15) is 9.59 Å². The van der Waals surface area contributed by atoms with E-state index in [1.807, 2.05) is 12.1 Å². The second-order valence-electron chi connectivity index (χ2n) is 6.74. The predicted octanol–water partition coefficient (Wildman–Crippen LogP) is 4.19. The standard InChI is InChI=1S/C22H22N4O2/c1-4-15-6-5-7-16(10-15)17-11-18(20(24-12-17)21(27)14(2)3)22(28)26-19-8-9-23-13-25-19/h5-14H,4H2,1-3H3,(H,23,25,26,28). The molecule has 6 heteroatoms. The summed E-state index contributed by atoms with van der Waals surface area (Å²) >= 11 is 0. The van der Waals surface area contributed by atoms with Gasteiger partial charge in [0.05, 0.1) is 5.56 Å². The molecule has 0 radical (unpaired) electrons. The van der Waals surface area contributed by atoms with Gasteiger partial charge >= 0.3 is 0 Å². The Kier molecular flexibility index (Phi) is 5.89. The maximum absolute atomic E-state index is 12.9. The Morgan fingerprint density at radius 3 is 2.57 bits per heavy atom. The number of ketones is 1. The van der Waals surface area contributed by atoms with Crippen LogP contribution >= 0.6 is 0 Å². The van der Waals surface area contributed by atoms with Gasteiger partial charge in [-0.2, -0.15) is 0 Å². The summed E-state index contributed by atoms with van der Waals surface area (Å²) in [5.41, 5.74) is 3.32. The summed E-state index contributed by atoms with van der Waals surface area (Å²) in [5.74, 6) is -0.515. The van der Waals surface area contributed by atoms with Gasteiger partial charge in [0.15, 0.2) is 5.78 Å². The molecule has 1 amide bonds. The zero-order valence-electron chi connectivity index (χ0n) is 16.1. The minimum atomic E-state index is -0.427. The summed E-state index contributed by atoms with van der Waals surface area (Å²) in [7, 11) is 0. The molecule has 0 aliphatic heterocycles. The van der Waals surface area contributed by atoms with Crippen LogP contribution in [0.3, 0.4) is 0 Å². The van der Waals surface area contributed by atoms with Gasteiger partial charge in [0.1, 0.15) is 17.8 Å². The van der Waals surface area contributed by atoms with E-state index in [2.05, 4.69) is 39.3 Å². The van der Waals surface area contributed by atoms with Crippen LogP contribution in [-0.2, 0) is 6.42 Å². The molecule has 2 aromatic heterocycles. The summed E-state index contributed by atoms with van der Waals surface area (Å²) in [4.78, 5) is 37.7. The summed E-state index contributed by atoms with van der Waals surface area (Å²) in [6, 6.07) is 11.4. The van der Waals surface area contributed by atoms with E-state index in [4.69, 9.17) is 0 Å². The van der Waals surface area contributed by atoms with E-state index in [1.165, 1.54) is 18.1 Å². The quantitative estimate of drug-likeness (QED) is 0.654. The van der Waals surface area contributed by atoms with Crippen LogP contribution in [0.4, 0.5) is 5.82 Å². The summed E-state index contributed by atoms with van der Waals surface area (Å²) < 4.78 is 0. The van der Waals surface area contributed by atoms with Crippen LogP contribution in [0.1, 0.15) is 47.2 Å². The first-order valence-electron chi connectivity index (χ1n) is 9.20. The van der Waals surface area contributed by atoms with Crippen molar-refractivity contribution in [3.8, 4) is 11.1 Å². The molecule has 0 saturated carbocycles. The minimum absolute atomic E-state index is 0.164. The second-order valence-corrected chi connectivity index (χ2v) is 6.74. The van der Waals surface area contributed by atoms with Crippen LogP contribution in [0.2, 0.25) is 0 Å². The maximum atomic E-state index is 12.9. The van der Waals surface area contributed by atoms with Crippen molar-refractivity contribution < 1.29 is 9.59 Å². The average molecular weight is 374 g/mol. The Bertz CT molecular complexity index is 1000. The van der Waals surface area contributed by atoms with Crippen LogP contribution in [0, 0.1) is 5.92 Å². The van der Waals surface area contributed by atoms with E-state index in [0.29, 0.717) is 5.82 Å². The molecule has 1 aromatic carbocycles.